The van der Waals surface area contributed by atoms with Crippen molar-refractivity contribution in [3.05, 3.63) is 0 Å². The highest BCUT2D eigenvalue weighted by atomic mass is 16.7. The lowest BCUT2D eigenvalue weighted by Crippen LogP contribution is -2.29. The lowest BCUT2D eigenvalue weighted by Gasteiger charge is -2.23. The highest BCUT2D eigenvalue weighted by Crippen LogP contribution is 2.14. The van der Waals surface area contributed by atoms with E-state index in [1.54, 1.807) is 0 Å². The van der Waals surface area contributed by atoms with Gasteiger partial charge in [0, 0.05) is 19.8 Å². The molecule has 8 heteroatoms. The van der Waals surface area contributed by atoms with Crippen LogP contribution in [0.1, 0.15) is 44.9 Å². The lowest BCUT2D eigenvalue weighted by atomic mass is 10.2. The van der Waals surface area contributed by atoms with E-state index in [4.69, 9.17) is 37.9 Å². The molecule has 0 aliphatic carbocycles. The minimum atomic E-state index is -0.106. The highest BCUT2D eigenvalue weighted by Gasteiger charge is 2.23. The number of hydrogen-bond acceptors (Lipinski definition) is 8. The normalized spacial score (nSPS) is 28.3. The van der Waals surface area contributed by atoms with E-state index in [-0.39, 0.29) is 24.8 Å². The predicted octanol–water partition coefficient (Wildman–Crippen LogP) is 2.28. The zero-order chi connectivity index (χ0) is 20.0. The summed E-state index contributed by atoms with van der Waals surface area (Å²) in [6, 6.07) is 0. The van der Waals surface area contributed by atoms with E-state index in [1.165, 1.54) is 12.8 Å². The molecule has 4 atom stereocenters. The Morgan fingerprint density at radius 2 is 1.41 bits per heavy atom. The first kappa shape index (κ1) is 23.3. The van der Waals surface area contributed by atoms with Crippen LogP contribution in [-0.4, -0.2) is 90.9 Å². The largest absolute Gasteiger partial charge is 0.376 e. The molecule has 3 heterocycles. The van der Waals surface area contributed by atoms with Gasteiger partial charge in [-0.05, 0) is 44.9 Å². The summed E-state index contributed by atoms with van der Waals surface area (Å²) in [6.07, 6.45) is 7.42. The van der Waals surface area contributed by atoms with Crippen LogP contribution in [0.15, 0.2) is 0 Å². The van der Waals surface area contributed by atoms with E-state index >= 15 is 0 Å². The van der Waals surface area contributed by atoms with Gasteiger partial charge in [0.2, 0.25) is 0 Å². The smallest absolute Gasteiger partial charge is 0.157 e. The fourth-order valence-electron chi connectivity index (χ4n) is 3.30. The molecule has 3 fully saturated rings. The van der Waals surface area contributed by atoms with E-state index in [0.717, 1.165) is 51.9 Å². The van der Waals surface area contributed by atoms with Crippen molar-refractivity contribution in [1.29, 1.82) is 0 Å². The maximum Gasteiger partial charge on any atom is 0.157 e. The third-order valence-electron chi connectivity index (χ3n) is 5.07. The highest BCUT2D eigenvalue weighted by molar-refractivity contribution is 4.68. The molecule has 3 rings (SSSR count). The number of ether oxygens (including phenoxy) is 8. The Morgan fingerprint density at radius 1 is 0.724 bits per heavy atom. The van der Waals surface area contributed by atoms with Crippen LogP contribution in [0.25, 0.3) is 0 Å². The molecule has 0 N–H and O–H groups in total. The molecule has 29 heavy (non-hydrogen) atoms. The first-order valence-electron chi connectivity index (χ1n) is 11.3. The second-order valence-corrected chi connectivity index (χ2v) is 7.75. The molecule has 0 spiro atoms. The van der Waals surface area contributed by atoms with Gasteiger partial charge in [-0.2, -0.15) is 0 Å². The zero-order valence-electron chi connectivity index (χ0n) is 17.6. The fraction of sp³-hybridized carbons (Fsp3) is 1.00. The molecule has 8 nitrogen and oxygen atoms in total. The Balaban J connectivity index is 1.21. The Labute approximate surface area is 174 Å². The van der Waals surface area contributed by atoms with Crippen LogP contribution in [0.5, 0.6) is 0 Å². The average Bonchev–Trinajstić information content (AvgIpc) is 3.59. The lowest BCUT2D eigenvalue weighted by molar-refractivity contribution is -0.172. The van der Waals surface area contributed by atoms with Gasteiger partial charge in [0.05, 0.1) is 46.2 Å². The molecule has 0 radical (unpaired) electrons. The molecule has 3 aliphatic heterocycles. The van der Waals surface area contributed by atoms with E-state index in [1.807, 2.05) is 0 Å². The molecule has 0 aromatic rings. The van der Waals surface area contributed by atoms with Gasteiger partial charge in [-0.3, -0.25) is 0 Å². The van der Waals surface area contributed by atoms with Gasteiger partial charge in [0.1, 0.15) is 12.2 Å². The van der Waals surface area contributed by atoms with Crippen LogP contribution < -0.4 is 0 Å². The number of rotatable bonds is 16. The monoisotopic (exact) mass is 418 g/mol. The summed E-state index contributed by atoms with van der Waals surface area (Å²) in [7, 11) is 0. The molecule has 170 valence electrons. The minimum Gasteiger partial charge on any atom is -0.376 e. The summed E-state index contributed by atoms with van der Waals surface area (Å²) in [5, 5.41) is 0. The number of hydrogen-bond donors (Lipinski definition) is 0. The van der Waals surface area contributed by atoms with Crippen LogP contribution in [0.2, 0.25) is 0 Å². The third kappa shape index (κ3) is 11.0. The Kier molecular flexibility index (Phi) is 11.8. The molecule has 0 amide bonds. The van der Waals surface area contributed by atoms with Crippen molar-refractivity contribution in [2.24, 2.45) is 0 Å². The van der Waals surface area contributed by atoms with E-state index in [2.05, 4.69) is 0 Å². The van der Waals surface area contributed by atoms with Gasteiger partial charge in [0.25, 0.3) is 0 Å². The van der Waals surface area contributed by atoms with Crippen LogP contribution >= 0.6 is 0 Å². The second-order valence-electron chi connectivity index (χ2n) is 7.75. The average molecular weight is 419 g/mol. The van der Waals surface area contributed by atoms with Crippen LogP contribution in [-0.2, 0) is 37.9 Å². The molecule has 3 aliphatic rings. The second kappa shape index (κ2) is 14.6. The molecule has 0 bridgehead atoms. The van der Waals surface area contributed by atoms with E-state index < -0.39 is 0 Å². The molecule has 0 aromatic carbocycles. The first-order valence-corrected chi connectivity index (χ1v) is 11.3. The Bertz CT molecular complexity index is 366. The van der Waals surface area contributed by atoms with Gasteiger partial charge < -0.3 is 37.9 Å². The van der Waals surface area contributed by atoms with Crippen molar-refractivity contribution < 1.29 is 37.9 Å². The molecule has 0 aromatic heterocycles. The Hall–Kier alpha value is -0.320. The summed E-state index contributed by atoms with van der Waals surface area (Å²) < 4.78 is 45.1. The summed E-state index contributed by atoms with van der Waals surface area (Å²) in [6.45, 7) is 6.29. The quantitative estimate of drug-likeness (QED) is 0.279. The summed E-state index contributed by atoms with van der Waals surface area (Å²) in [5.74, 6) is 0. The summed E-state index contributed by atoms with van der Waals surface area (Å²) >= 11 is 0. The van der Waals surface area contributed by atoms with E-state index in [0.29, 0.717) is 46.2 Å². The molecule has 0 saturated carbocycles. The van der Waals surface area contributed by atoms with Gasteiger partial charge in [-0.1, -0.05) is 0 Å². The SMILES string of the molecule is C1CCC(OCCCOC(COCCOC2CCCCO2)COCC2CO2)OC1. The van der Waals surface area contributed by atoms with Gasteiger partial charge >= 0.3 is 0 Å². The Morgan fingerprint density at radius 3 is 2.07 bits per heavy atom. The van der Waals surface area contributed by atoms with Crippen LogP contribution in [0.3, 0.4) is 0 Å². The molecular formula is C21H38O8. The van der Waals surface area contributed by atoms with Crippen molar-refractivity contribution in [3.63, 3.8) is 0 Å². The minimum absolute atomic E-state index is 0.0436. The van der Waals surface area contributed by atoms with Gasteiger partial charge in [0.15, 0.2) is 12.6 Å². The van der Waals surface area contributed by atoms with Gasteiger partial charge in [-0.15, -0.1) is 0 Å². The summed E-state index contributed by atoms with van der Waals surface area (Å²) in [5.41, 5.74) is 0. The van der Waals surface area contributed by atoms with Crippen molar-refractivity contribution in [2.75, 3.05) is 66.1 Å². The topological polar surface area (TPSA) is 77.1 Å². The van der Waals surface area contributed by atoms with Crippen LogP contribution in [0.4, 0.5) is 0 Å². The van der Waals surface area contributed by atoms with Crippen molar-refractivity contribution in [1.82, 2.24) is 0 Å². The number of epoxide rings is 1. The van der Waals surface area contributed by atoms with Crippen molar-refractivity contribution in [2.45, 2.75) is 69.7 Å². The van der Waals surface area contributed by atoms with E-state index in [9.17, 15) is 0 Å². The van der Waals surface area contributed by atoms with Crippen LogP contribution in [0, 0.1) is 0 Å². The third-order valence-corrected chi connectivity index (χ3v) is 5.07. The van der Waals surface area contributed by atoms with Crippen molar-refractivity contribution >= 4 is 0 Å². The maximum atomic E-state index is 5.95. The maximum absolute atomic E-state index is 5.95. The van der Waals surface area contributed by atoms with Gasteiger partial charge in [-0.25, -0.2) is 0 Å². The molecule has 3 saturated heterocycles. The predicted molar refractivity (Wildman–Crippen MR) is 105 cm³/mol. The first-order chi connectivity index (χ1) is 14.4. The molecule has 4 unspecified atom stereocenters. The summed E-state index contributed by atoms with van der Waals surface area (Å²) in [4.78, 5) is 0. The van der Waals surface area contributed by atoms with Crippen molar-refractivity contribution in [3.8, 4) is 0 Å². The fourth-order valence-corrected chi connectivity index (χ4v) is 3.30. The molecular weight excluding hydrogens is 380 g/mol. The standard InChI is InChI=1S/C21H38O8/c1-3-8-25-20(6-1)27-11-5-10-24-18(15-23-16-19-17-29-19)14-22-12-13-28-21-7-2-4-9-26-21/h18-21H,1-17H2. The zero-order valence-corrected chi connectivity index (χ0v) is 17.6.